The maximum Gasteiger partial charge on any atom is 0.430 e. The number of carbonyl (C=O) groups excluding carboxylic acids is 1. The molecule has 0 radical (unpaired) electrons. The Hall–Kier alpha value is -2.07. The molecule has 0 unspecified atom stereocenters. The Kier molecular flexibility index (Phi) is 14.1. The van der Waals surface area contributed by atoms with E-state index in [1.54, 1.807) is 37.4 Å². The number of amides is 1. The molecule has 2 rings (SSSR count). The number of methoxy groups -OCH3 is 1. The minimum absolute atomic E-state index is 0. The number of hydrogen-bond acceptors (Lipinski definition) is 5. The van der Waals surface area contributed by atoms with E-state index in [2.05, 4.69) is 10.3 Å². The zero-order valence-corrected chi connectivity index (χ0v) is 20.4. The van der Waals surface area contributed by atoms with Crippen LogP contribution in [-0.2, 0) is 19.5 Å². The van der Waals surface area contributed by atoms with Crippen molar-refractivity contribution in [1.29, 1.82) is 5.39 Å². The number of hydrogen-bond donors (Lipinski definition) is 1. The maximum atomic E-state index is 12.5. The molecule has 0 aromatic heterocycles. The molecule has 0 saturated carbocycles. The molecule has 0 aliphatic rings. The van der Waals surface area contributed by atoms with Crippen LogP contribution in [0, 0.1) is 5.39 Å². The second-order valence-corrected chi connectivity index (χ2v) is 4.96. The van der Waals surface area contributed by atoms with Crippen LogP contribution in [0.1, 0.15) is 24.2 Å². The van der Waals surface area contributed by atoms with E-state index in [0.29, 0.717) is 41.7 Å². The third kappa shape index (κ3) is 7.16. The molecule has 0 heterocycles. The van der Waals surface area contributed by atoms with Gasteiger partial charge >= 0.3 is 5.69 Å². The number of halogens is 2. The number of diazo groups is 1. The predicted molar refractivity (Wildman–Crippen MR) is 102 cm³/mol. The SMILES string of the molecule is CCOc1cc(NC(=O)c2ccc(OC)cc2)c(OCC)cc1[N+]#N.Cl.[Cl-].[Zn]. The van der Waals surface area contributed by atoms with Gasteiger partial charge in [0.15, 0.2) is 10.7 Å². The molecular formula is C18H21Cl2N3O4Zn. The minimum atomic E-state index is -0.306. The van der Waals surface area contributed by atoms with Crippen molar-refractivity contribution >= 4 is 29.7 Å². The van der Waals surface area contributed by atoms with Gasteiger partial charge in [0.05, 0.1) is 32.1 Å². The van der Waals surface area contributed by atoms with Crippen molar-refractivity contribution in [1.82, 2.24) is 0 Å². The Morgan fingerprint density at radius 1 is 1.07 bits per heavy atom. The van der Waals surface area contributed by atoms with Gasteiger partial charge in [0, 0.05) is 31.1 Å². The predicted octanol–water partition coefficient (Wildman–Crippen LogP) is 1.65. The fraction of sp³-hybridized carbons (Fsp3) is 0.278. The quantitative estimate of drug-likeness (QED) is 0.482. The Balaban J connectivity index is 0. The Morgan fingerprint density at radius 2 is 1.64 bits per heavy atom. The average Bonchev–Trinajstić information content (AvgIpc) is 2.64. The number of ether oxygens (including phenoxy) is 3. The summed E-state index contributed by atoms with van der Waals surface area (Å²) in [5.74, 6) is 1.10. The zero-order chi connectivity index (χ0) is 18.2. The van der Waals surface area contributed by atoms with E-state index < -0.39 is 0 Å². The maximum absolute atomic E-state index is 12.5. The van der Waals surface area contributed by atoms with Gasteiger partial charge in [-0.3, -0.25) is 4.79 Å². The van der Waals surface area contributed by atoms with Crippen molar-refractivity contribution in [2.45, 2.75) is 13.8 Å². The van der Waals surface area contributed by atoms with Gasteiger partial charge in [-0.25, -0.2) is 0 Å². The van der Waals surface area contributed by atoms with Crippen LogP contribution < -0.4 is 31.9 Å². The largest absolute Gasteiger partial charge is 1.00 e. The summed E-state index contributed by atoms with van der Waals surface area (Å²) in [5, 5.41) is 11.9. The molecule has 2 aromatic rings. The van der Waals surface area contributed by atoms with Gasteiger partial charge in [0.25, 0.3) is 5.91 Å². The van der Waals surface area contributed by atoms with E-state index in [1.165, 1.54) is 6.07 Å². The van der Waals surface area contributed by atoms with Crippen LogP contribution in [0.3, 0.4) is 0 Å². The van der Waals surface area contributed by atoms with Gasteiger partial charge in [-0.05, 0) is 38.1 Å². The van der Waals surface area contributed by atoms with Gasteiger partial charge in [-0.1, -0.05) is 0 Å². The van der Waals surface area contributed by atoms with E-state index in [9.17, 15) is 4.79 Å². The smallest absolute Gasteiger partial charge is 0.430 e. The van der Waals surface area contributed by atoms with Crippen LogP contribution in [0.2, 0.25) is 0 Å². The third-order valence-corrected chi connectivity index (χ3v) is 3.37. The number of nitrogens with zero attached hydrogens (tertiary/aromatic N) is 2. The van der Waals surface area contributed by atoms with Crippen molar-refractivity contribution < 1.29 is 50.9 Å². The van der Waals surface area contributed by atoms with E-state index in [4.69, 9.17) is 19.6 Å². The van der Waals surface area contributed by atoms with Crippen LogP contribution in [0.5, 0.6) is 17.2 Å². The summed E-state index contributed by atoms with van der Waals surface area (Å²) >= 11 is 0. The Bertz CT molecular complexity index is 799. The molecule has 2 aromatic carbocycles. The molecule has 1 N–H and O–H groups in total. The Labute approximate surface area is 189 Å². The van der Waals surface area contributed by atoms with Crippen LogP contribution in [0.25, 0.3) is 4.98 Å². The van der Waals surface area contributed by atoms with Crippen molar-refractivity contribution in [2.24, 2.45) is 0 Å². The van der Waals surface area contributed by atoms with Crippen LogP contribution in [-0.4, -0.2) is 26.2 Å². The first-order valence-corrected chi connectivity index (χ1v) is 7.87. The summed E-state index contributed by atoms with van der Waals surface area (Å²) in [6.07, 6.45) is 0. The molecule has 0 atom stereocenters. The first kappa shape index (κ1) is 28.1. The monoisotopic (exact) mass is 477 g/mol. The second-order valence-electron chi connectivity index (χ2n) is 4.96. The molecule has 0 aliphatic heterocycles. The molecule has 10 heteroatoms. The van der Waals surface area contributed by atoms with Gasteiger partial charge in [0.2, 0.25) is 11.1 Å². The molecule has 0 saturated heterocycles. The molecule has 1 amide bonds. The summed E-state index contributed by atoms with van der Waals surface area (Å²) < 4.78 is 16.1. The van der Waals surface area contributed by atoms with E-state index in [-0.39, 0.29) is 55.9 Å². The molecule has 28 heavy (non-hydrogen) atoms. The van der Waals surface area contributed by atoms with Crippen molar-refractivity contribution in [3.05, 3.63) is 46.9 Å². The summed E-state index contributed by atoms with van der Waals surface area (Å²) in [7, 11) is 1.56. The van der Waals surface area contributed by atoms with E-state index in [0.717, 1.165) is 0 Å². The third-order valence-electron chi connectivity index (χ3n) is 3.37. The minimum Gasteiger partial charge on any atom is -1.00 e. The molecule has 0 spiro atoms. The molecule has 7 nitrogen and oxygen atoms in total. The van der Waals surface area contributed by atoms with Crippen molar-refractivity contribution in [3.8, 4) is 17.2 Å². The van der Waals surface area contributed by atoms with Gasteiger partial charge < -0.3 is 31.9 Å². The fourth-order valence-electron chi connectivity index (χ4n) is 2.21. The normalized spacial score (nSPS) is 8.79. The first-order chi connectivity index (χ1) is 12.1. The van der Waals surface area contributed by atoms with Crippen LogP contribution in [0.15, 0.2) is 36.4 Å². The van der Waals surface area contributed by atoms with Gasteiger partial charge in [-0.2, -0.15) is 0 Å². The molecule has 148 valence electrons. The molecule has 0 bridgehead atoms. The first-order valence-electron chi connectivity index (χ1n) is 7.87. The standard InChI is InChI=1S/C18H19N3O4.2ClH.Zn/c1-4-24-16-11-15(21-19)17(25-5-2)10-14(16)20-18(22)12-6-8-13(23-3)9-7-12;;;/h6-11H,4-5H2,1-3H3;2*1H;. The van der Waals surface area contributed by atoms with Crippen LogP contribution in [0.4, 0.5) is 11.4 Å². The summed E-state index contributed by atoms with van der Waals surface area (Å²) in [6.45, 7) is 4.42. The summed E-state index contributed by atoms with van der Waals surface area (Å²) in [5.41, 5.74) is 1.13. The average molecular weight is 480 g/mol. The fourth-order valence-corrected chi connectivity index (χ4v) is 2.21. The van der Waals surface area contributed by atoms with Crippen molar-refractivity contribution in [3.63, 3.8) is 0 Å². The Morgan fingerprint density at radius 3 is 2.14 bits per heavy atom. The summed E-state index contributed by atoms with van der Waals surface area (Å²) in [6, 6.07) is 9.82. The number of rotatable bonds is 7. The van der Waals surface area contributed by atoms with Crippen LogP contribution >= 0.6 is 12.4 Å². The zero-order valence-electron chi connectivity index (χ0n) is 15.9. The van der Waals surface area contributed by atoms with Crippen molar-refractivity contribution in [2.75, 3.05) is 25.6 Å². The molecule has 0 fully saturated rings. The second kappa shape index (κ2) is 14.0. The topological polar surface area (TPSA) is 84.9 Å². The van der Waals surface area contributed by atoms with Gasteiger partial charge in [-0.15, -0.1) is 12.4 Å². The molecule has 0 aliphatic carbocycles. The summed E-state index contributed by atoms with van der Waals surface area (Å²) in [4.78, 5) is 15.7. The van der Waals surface area contributed by atoms with E-state index >= 15 is 0 Å². The molecular weight excluding hydrogens is 459 g/mol. The number of carbonyl (C=O) groups is 1. The number of benzene rings is 2. The van der Waals surface area contributed by atoms with E-state index in [1.807, 2.05) is 13.8 Å². The number of nitrogens with one attached hydrogen (secondary N) is 1. The van der Waals surface area contributed by atoms with Gasteiger partial charge in [0.1, 0.15) is 5.75 Å². The number of anilines is 1.